The average Bonchev–Trinajstić information content (AvgIpc) is 3.41. The van der Waals surface area contributed by atoms with Crippen molar-refractivity contribution in [2.45, 2.75) is 38.0 Å². The third kappa shape index (κ3) is 6.22. The molecular weight excluding hydrogens is 590 g/mol. The van der Waals surface area contributed by atoms with Gasteiger partial charge in [-0.25, -0.2) is 22.9 Å². The zero-order valence-electron chi connectivity index (χ0n) is 25.1. The topological polar surface area (TPSA) is 123 Å². The molecule has 5 aromatic rings. The zero-order valence-corrected chi connectivity index (χ0v) is 25.9. The van der Waals surface area contributed by atoms with E-state index < -0.39 is 28.5 Å². The predicted molar refractivity (Wildman–Crippen MR) is 172 cm³/mol. The second-order valence-electron chi connectivity index (χ2n) is 11.0. The van der Waals surface area contributed by atoms with E-state index in [0.29, 0.717) is 46.8 Å². The number of carbonyl (C=O) groups excluding carboxylic acids is 2. The van der Waals surface area contributed by atoms with Gasteiger partial charge in [0.2, 0.25) is 10.0 Å². The number of amides is 1. The Labute approximate surface area is 261 Å². The van der Waals surface area contributed by atoms with Crippen molar-refractivity contribution in [3.63, 3.8) is 0 Å². The molecule has 0 atom stereocenters. The average molecular weight is 624 g/mol. The number of hydrogen-bond acceptors (Lipinski definition) is 7. The van der Waals surface area contributed by atoms with Crippen LogP contribution in [0.25, 0.3) is 28.0 Å². The second kappa shape index (κ2) is 12.6. The smallest absolute Gasteiger partial charge is 0.339 e. The summed E-state index contributed by atoms with van der Waals surface area (Å²) in [4.78, 5) is 31.5. The Bertz CT molecular complexity index is 1990. The van der Waals surface area contributed by atoms with E-state index in [0.717, 1.165) is 30.5 Å². The van der Waals surface area contributed by atoms with E-state index in [2.05, 4.69) is 10.4 Å². The molecule has 0 unspecified atom stereocenters. The van der Waals surface area contributed by atoms with Crippen LogP contribution >= 0.6 is 0 Å². The van der Waals surface area contributed by atoms with Gasteiger partial charge in [0.15, 0.2) is 12.3 Å². The van der Waals surface area contributed by atoms with E-state index in [9.17, 15) is 18.0 Å². The normalized spacial score (nSPS) is 13.9. The highest BCUT2D eigenvalue weighted by Crippen LogP contribution is 2.30. The number of benzene rings is 3. The van der Waals surface area contributed by atoms with E-state index in [1.165, 1.54) is 10.4 Å². The molecule has 1 saturated heterocycles. The van der Waals surface area contributed by atoms with Gasteiger partial charge in [0.1, 0.15) is 0 Å². The van der Waals surface area contributed by atoms with Crippen molar-refractivity contribution < 1.29 is 22.7 Å². The van der Waals surface area contributed by atoms with E-state index in [1.54, 1.807) is 36.7 Å². The van der Waals surface area contributed by atoms with E-state index in [4.69, 9.17) is 9.72 Å². The molecule has 0 saturated carbocycles. The lowest BCUT2D eigenvalue weighted by Gasteiger charge is -2.26. The number of sulfonamides is 1. The van der Waals surface area contributed by atoms with Gasteiger partial charge in [-0.1, -0.05) is 61.0 Å². The number of nitrogens with zero attached hydrogens (tertiary/aromatic N) is 4. The monoisotopic (exact) mass is 623 g/mol. The molecule has 11 heteroatoms. The number of aromatic nitrogens is 3. The minimum atomic E-state index is -3.69. The molecule has 45 heavy (non-hydrogen) atoms. The summed E-state index contributed by atoms with van der Waals surface area (Å²) in [5.41, 5.74) is 4.47. The molecule has 0 bridgehead atoms. The first-order valence-corrected chi connectivity index (χ1v) is 16.3. The molecular formula is C34H33N5O5S. The number of carbonyl (C=O) groups is 2. The van der Waals surface area contributed by atoms with Crippen LogP contribution in [0.2, 0.25) is 0 Å². The van der Waals surface area contributed by atoms with Crippen molar-refractivity contribution in [1.82, 2.24) is 19.1 Å². The van der Waals surface area contributed by atoms with Crippen LogP contribution in [0.1, 0.15) is 40.9 Å². The molecule has 2 aromatic heterocycles. The quantitative estimate of drug-likeness (QED) is 0.221. The number of rotatable bonds is 8. The molecule has 1 fully saturated rings. The van der Waals surface area contributed by atoms with Crippen molar-refractivity contribution in [2.24, 2.45) is 0 Å². The van der Waals surface area contributed by atoms with Crippen LogP contribution in [0, 0.1) is 13.8 Å². The minimum absolute atomic E-state index is 0.112. The summed E-state index contributed by atoms with van der Waals surface area (Å²) in [7, 11) is -3.69. The molecule has 0 aliphatic carbocycles. The fourth-order valence-corrected chi connectivity index (χ4v) is 7.05. The maximum atomic E-state index is 13.6. The summed E-state index contributed by atoms with van der Waals surface area (Å²) in [6.07, 6.45) is 2.65. The number of esters is 1. The van der Waals surface area contributed by atoms with Gasteiger partial charge in [0.25, 0.3) is 5.91 Å². The number of hydrogen-bond donors (Lipinski definition) is 1. The highest BCUT2D eigenvalue weighted by molar-refractivity contribution is 7.89. The Morgan fingerprint density at radius 3 is 2.29 bits per heavy atom. The predicted octanol–water partition coefficient (Wildman–Crippen LogP) is 5.67. The van der Waals surface area contributed by atoms with Crippen LogP contribution in [0.5, 0.6) is 0 Å². The lowest BCUT2D eigenvalue weighted by Crippen LogP contribution is -2.35. The first-order chi connectivity index (χ1) is 21.7. The molecule has 6 rings (SSSR count). The fourth-order valence-electron chi connectivity index (χ4n) is 5.50. The van der Waals surface area contributed by atoms with Crippen LogP contribution in [0.3, 0.4) is 0 Å². The molecule has 230 valence electrons. The number of pyridine rings is 1. The maximum Gasteiger partial charge on any atom is 0.339 e. The summed E-state index contributed by atoms with van der Waals surface area (Å²) in [6.45, 7) is 3.95. The van der Waals surface area contributed by atoms with Crippen LogP contribution < -0.4 is 5.32 Å². The van der Waals surface area contributed by atoms with Crippen LogP contribution in [-0.4, -0.2) is 59.1 Å². The van der Waals surface area contributed by atoms with Gasteiger partial charge in [0, 0.05) is 24.3 Å². The fraction of sp³-hybridized carbons (Fsp3) is 0.235. The van der Waals surface area contributed by atoms with Gasteiger partial charge in [0.05, 0.1) is 32.9 Å². The molecule has 1 N–H and O–H groups in total. The summed E-state index contributed by atoms with van der Waals surface area (Å²) in [6, 6.07) is 25.3. The van der Waals surface area contributed by atoms with E-state index in [1.807, 2.05) is 60.7 Å². The molecule has 1 aliphatic rings. The number of aryl methyl sites for hydroxylation is 2. The SMILES string of the molecule is Cc1ccc(S(=O)(=O)N2CCCCC2)cc1NC(=O)COC(=O)c1cc(-c2ccccc2)nc2c1c(C)nn2-c1ccccc1. The highest BCUT2D eigenvalue weighted by atomic mass is 32.2. The maximum absolute atomic E-state index is 13.6. The van der Waals surface area contributed by atoms with Gasteiger partial charge >= 0.3 is 5.97 Å². The Balaban J connectivity index is 1.26. The first-order valence-electron chi connectivity index (χ1n) is 14.8. The standard InChI is InChI=1S/C34H33N5O5S/c1-23-16-17-27(45(42,43)38-18-10-5-11-19-38)20-29(23)35-31(40)22-44-34(41)28-21-30(25-12-6-3-7-13-25)36-33-32(28)24(2)37-39(33)26-14-8-4-9-15-26/h3-4,6-9,12-17,20-21H,5,10-11,18-19,22H2,1-2H3,(H,35,40). The van der Waals surface area contributed by atoms with E-state index >= 15 is 0 Å². The number of piperidine rings is 1. The molecule has 0 spiro atoms. The van der Waals surface area contributed by atoms with Crippen molar-refractivity contribution >= 4 is 38.6 Å². The third-order valence-electron chi connectivity index (χ3n) is 7.87. The summed E-state index contributed by atoms with van der Waals surface area (Å²) in [5, 5.41) is 7.91. The van der Waals surface area contributed by atoms with Crippen LogP contribution in [-0.2, 0) is 19.6 Å². The lowest BCUT2D eigenvalue weighted by molar-refractivity contribution is -0.119. The number of fused-ring (bicyclic) bond motifs is 1. The lowest BCUT2D eigenvalue weighted by atomic mass is 10.1. The van der Waals surface area contributed by atoms with Crippen molar-refractivity contribution in [3.8, 4) is 16.9 Å². The highest BCUT2D eigenvalue weighted by Gasteiger charge is 2.27. The molecule has 3 heterocycles. The Morgan fingerprint density at radius 2 is 1.58 bits per heavy atom. The van der Waals surface area contributed by atoms with Crippen molar-refractivity contribution in [1.29, 1.82) is 0 Å². The number of anilines is 1. The Kier molecular flexibility index (Phi) is 8.46. The van der Waals surface area contributed by atoms with Crippen LogP contribution in [0.15, 0.2) is 89.8 Å². The third-order valence-corrected chi connectivity index (χ3v) is 9.77. The molecule has 10 nitrogen and oxygen atoms in total. The summed E-state index contributed by atoms with van der Waals surface area (Å²) < 4.78 is 35.1. The largest absolute Gasteiger partial charge is 0.452 e. The minimum Gasteiger partial charge on any atom is -0.452 e. The zero-order chi connectivity index (χ0) is 31.6. The molecule has 1 amide bonds. The molecule has 0 radical (unpaired) electrons. The van der Waals surface area contributed by atoms with Gasteiger partial charge in [-0.15, -0.1) is 0 Å². The summed E-state index contributed by atoms with van der Waals surface area (Å²) in [5.74, 6) is -1.30. The van der Waals surface area contributed by atoms with Crippen LogP contribution in [0.4, 0.5) is 5.69 Å². The van der Waals surface area contributed by atoms with Crippen molar-refractivity contribution in [2.75, 3.05) is 25.0 Å². The number of nitrogens with one attached hydrogen (secondary N) is 1. The summed E-state index contributed by atoms with van der Waals surface area (Å²) >= 11 is 0. The first kappa shape index (κ1) is 30.2. The number of ether oxygens (including phenoxy) is 1. The van der Waals surface area contributed by atoms with Crippen molar-refractivity contribution in [3.05, 3.63) is 102 Å². The molecule has 3 aromatic carbocycles. The van der Waals surface area contributed by atoms with Gasteiger partial charge in [-0.3, -0.25) is 4.79 Å². The van der Waals surface area contributed by atoms with Gasteiger partial charge in [-0.2, -0.15) is 9.40 Å². The Hall–Kier alpha value is -4.87. The number of para-hydroxylation sites is 1. The van der Waals surface area contributed by atoms with E-state index in [-0.39, 0.29) is 10.5 Å². The van der Waals surface area contributed by atoms with Gasteiger partial charge < -0.3 is 10.1 Å². The second-order valence-corrected chi connectivity index (χ2v) is 13.0. The van der Waals surface area contributed by atoms with Gasteiger partial charge in [-0.05, 0) is 62.6 Å². The molecule has 1 aliphatic heterocycles. The Morgan fingerprint density at radius 1 is 0.889 bits per heavy atom.